The molecule has 0 aromatic heterocycles. The molecule has 2 N–H and O–H groups in total. The number of aryl methyl sites for hydroxylation is 1. The van der Waals surface area contributed by atoms with E-state index in [4.69, 9.17) is 0 Å². The van der Waals surface area contributed by atoms with Crippen molar-refractivity contribution in [3.63, 3.8) is 0 Å². The molecule has 0 aliphatic carbocycles. The summed E-state index contributed by atoms with van der Waals surface area (Å²) in [5.41, 5.74) is 3.45. The average Bonchev–Trinajstić information content (AvgIpc) is 2.75. The van der Waals surface area contributed by atoms with Crippen molar-refractivity contribution in [2.45, 2.75) is 13.0 Å². The van der Waals surface area contributed by atoms with Crippen molar-refractivity contribution >= 4 is 23.3 Å². The van der Waals surface area contributed by atoms with E-state index in [2.05, 4.69) is 10.6 Å². The Labute approximate surface area is 128 Å². The van der Waals surface area contributed by atoms with Crippen LogP contribution in [0.15, 0.2) is 48.5 Å². The SMILES string of the molecule is Cc1ccc(NC(=O)NC2C(=O)N(C)c3ccccc32)cc1. The first kappa shape index (κ1) is 14.1. The lowest BCUT2D eigenvalue weighted by Gasteiger charge is -2.14. The second kappa shape index (κ2) is 5.52. The van der Waals surface area contributed by atoms with Crippen LogP contribution in [-0.4, -0.2) is 19.0 Å². The van der Waals surface area contributed by atoms with Crippen molar-refractivity contribution in [1.29, 1.82) is 0 Å². The molecular formula is C17H17N3O2. The summed E-state index contributed by atoms with van der Waals surface area (Å²) in [6.07, 6.45) is 0. The van der Waals surface area contributed by atoms with Gasteiger partial charge in [0.25, 0.3) is 5.91 Å². The van der Waals surface area contributed by atoms with Gasteiger partial charge in [0, 0.05) is 24.0 Å². The van der Waals surface area contributed by atoms with Crippen LogP contribution in [-0.2, 0) is 4.79 Å². The van der Waals surface area contributed by atoms with Crippen LogP contribution in [0.4, 0.5) is 16.2 Å². The van der Waals surface area contributed by atoms with Crippen LogP contribution in [0, 0.1) is 6.92 Å². The van der Waals surface area contributed by atoms with Gasteiger partial charge in [-0.25, -0.2) is 4.79 Å². The van der Waals surface area contributed by atoms with E-state index in [1.54, 1.807) is 11.9 Å². The van der Waals surface area contributed by atoms with Crippen molar-refractivity contribution in [2.24, 2.45) is 0 Å². The van der Waals surface area contributed by atoms with Crippen molar-refractivity contribution in [3.8, 4) is 0 Å². The fourth-order valence-electron chi connectivity index (χ4n) is 2.56. The van der Waals surface area contributed by atoms with Gasteiger partial charge in [0.2, 0.25) is 0 Å². The number of hydrogen-bond acceptors (Lipinski definition) is 2. The largest absolute Gasteiger partial charge is 0.322 e. The molecule has 22 heavy (non-hydrogen) atoms. The maximum Gasteiger partial charge on any atom is 0.320 e. The summed E-state index contributed by atoms with van der Waals surface area (Å²) >= 11 is 0. The van der Waals surface area contributed by atoms with Crippen LogP contribution in [0.25, 0.3) is 0 Å². The minimum Gasteiger partial charge on any atom is -0.322 e. The summed E-state index contributed by atoms with van der Waals surface area (Å²) in [4.78, 5) is 26.0. The topological polar surface area (TPSA) is 61.4 Å². The molecule has 2 aromatic rings. The fourth-order valence-corrected chi connectivity index (χ4v) is 2.56. The maximum atomic E-state index is 12.3. The summed E-state index contributed by atoms with van der Waals surface area (Å²) in [5, 5.41) is 5.48. The zero-order chi connectivity index (χ0) is 15.7. The number of likely N-dealkylation sites (N-methyl/N-ethyl adjacent to an activating group) is 1. The third kappa shape index (κ3) is 2.53. The number of amides is 3. The second-order valence-corrected chi connectivity index (χ2v) is 5.35. The Morgan fingerprint density at radius 2 is 1.77 bits per heavy atom. The van der Waals surface area contributed by atoms with Crippen LogP contribution in [0.5, 0.6) is 0 Å². The first-order chi connectivity index (χ1) is 10.6. The summed E-state index contributed by atoms with van der Waals surface area (Å²) in [6, 6.07) is 13.9. The number of carbonyl (C=O) groups excluding carboxylic acids is 2. The molecule has 1 aliphatic heterocycles. The highest BCUT2D eigenvalue weighted by molar-refractivity contribution is 6.06. The van der Waals surface area contributed by atoms with Crippen molar-refractivity contribution in [1.82, 2.24) is 5.32 Å². The second-order valence-electron chi connectivity index (χ2n) is 5.35. The first-order valence-electron chi connectivity index (χ1n) is 7.07. The van der Waals surface area contributed by atoms with Gasteiger partial charge in [0.05, 0.1) is 0 Å². The predicted molar refractivity (Wildman–Crippen MR) is 85.9 cm³/mol. The van der Waals surface area contributed by atoms with Crippen molar-refractivity contribution < 1.29 is 9.59 Å². The molecule has 0 radical (unpaired) electrons. The standard InChI is InChI=1S/C17H17N3O2/c1-11-7-9-12(10-8-11)18-17(22)19-15-13-5-3-4-6-14(13)20(2)16(15)21/h3-10,15H,1-2H3,(H2,18,19,22). The maximum absolute atomic E-state index is 12.3. The Hall–Kier alpha value is -2.82. The third-order valence-electron chi connectivity index (χ3n) is 3.77. The number of para-hydroxylation sites is 1. The van der Waals surface area contributed by atoms with Gasteiger partial charge in [-0.15, -0.1) is 0 Å². The molecule has 1 unspecified atom stereocenters. The monoisotopic (exact) mass is 295 g/mol. The molecule has 1 heterocycles. The highest BCUT2D eigenvalue weighted by atomic mass is 16.2. The van der Waals surface area contributed by atoms with Crippen molar-refractivity contribution in [3.05, 3.63) is 59.7 Å². The molecule has 0 saturated carbocycles. The van der Waals surface area contributed by atoms with Gasteiger partial charge in [0.1, 0.15) is 6.04 Å². The van der Waals surface area contributed by atoms with Gasteiger partial charge < -0.3 is 15.5 Å². The Morgan fingerprint density at radius 1 is 1.09 bits per heavy atom. The molecule has 1 aliphatic rings. The van der Waals surface area contributed by atoms with Gasteiger partial charge >= 0.3 is 6.03 Å². The van der Waals surface area contributed by atoms with E-state index in [0.29, 0.717) is 5.69 Å². The number of hydrogen-bond donors (Lipinski definition) is 2. The predicted octanol–water partition coefficient (Wildman–Crippen LogP) is 2.83. The van der Waals surface area contributed by atoms with Crippen LogP contribution in [0.2, 0.25) is 0 Å². The molecule has 1 atom stereocenters. The van der Waals surface area contributed by atoms with E-state index in [9.17, 15) is 9.59 Å². The summed E-state index contributed by atoms with van der Waals surface area (Å²) in [6.45, 7) is 1.98. The molecule has 0 spiro atoms. The highest BCUT2D eigenvalue weighted by Gasteiger charge is 2.35. The lowest BCUT2D eigenvalue weighted by molar-refractivity contribution is -0.119. The summed E-state index contributed by atoms with van der Waals surface area (Å²) in [5.74, 6) is -0.139. The number of anilines is 2. The van der Waals surface area contributed by atoms with E-state index < -0.39 is 12.1 Å². The van der Waals surface area contributed by atoms with Gasteiger partial charge in [-0.1, -0.05) is 35.9 Å². The van der Waals surface area contributed by atoms with Gasteiger partial charge in [-0.05, 0) is 25.1 Å². The smallest absolute Gasteiger partial charge is 0.320 e. The average molecular weight is 295 g/mol. The minimum atomic E-state index is -0.647. The van der Waals surface area contributed by atoms with E-state index >= 15 is 0 Å². The number of benzene rings is 2. The lowest BCUT2D eigenvalue weighted by Crippen LogP contribution is -2.38. The van der Waals surface area contributed by atoms with Crippen molar-refractivity contribution in [2.75, 3.05) is 17.3 Å². The first-order valence-corrected chi connectivity index (χ1v) is 7.07. The minimum absolute atomic E-state index is 0.139. The third-order valence-corrected chi connectivity index (χ3v) is 3.77. The quantitative estimate of drug-likeness (QED) is 0.895. The Bertz CT molecular complexity index is 725. The number of nitrogens with one attached hydrogen (secondary N) is 2. The van der Waals surface area contributed by atoms with Gasteiger partial charge in [-0.3, -0.25) is 4.79 Å². The van der Waals surface area contributed by atoms with Crippen LogP contribution in [0.3, 0.4) is 0 Å². The number of nitrogens with zero attached hydrogens (tertiary/aromatic N) is 1. The van der Waals surface area contributed by atoms with E-state index in [-0.39, 0.29) is 5.91 Å². The fraction of sp³-hybridized carbons (Fsp3) is 0.176. The van der Waals surface area contributed by atoms with E-state index in [1.807, 2.05) is 55.5 Å². The number of urea groups is 1. The number of fused-ring (bicyclic) bond motifs is 1. The molecular weight excluding hydrogens is 278 g/mol. The zero-order valence-corrected chi connectivity index (χ0v) is 12.5. The summed E-state index contributed by atoms with van der Waals surface area (Å²) < 4.78 is 0. The van der Waals surface area contributed by atoms with Gasteiger partial charge in [0.15, 0.2) is 0 Å². The molecule has 5 heteroatoms. The molecule has 3 amide bonds. The summed E-state index contributed by atoms with van der Waals surface area (Å²) in [7, 11) is 1.71. The molecule has 0 bridgehead atoms. The number of rotatable bonds is 2. The van der Waals surface area contributed by atoms with Crippen LogP contribution >= 0.6 is 0 Å². The Kier molecular flexibility index (Phi) is 3.55. The zero-order valence-electron chi connectivity index (χ0n) is 12.5. The molecule has 112 valence electrons. The number of carbonyl (C=O) groups is 2. The molecule has 0 fully saturated rings. The molecule has 5 nitrogen and oxygen atoms in total. The molecule has 3 rings (SSSR count). The van der Waals surface area contributed by atoms with E-state index in [0.717, 1.165) is 16.8 Å². The lowest BCUT2D eigenvalue weighted by atomic mass is 10.1. The molecule has 2 aromatic carbocycles. The van der Waals surface area contributed by atoms with Gasteiger partial charge in [-0.2, -0.15) is 0 Å². The Balaban J connectivity index is 1.74. The van der Waals surface area contributed by atoms with Crippen LogP contribution < -0.4 is 15.5 Å². The van der Waals surface area contributed by atoms with E-state index in [1.165, 1.54) is 0 Å². The normalized spacial score (nSPS) is 16.4. The molecule has 0 saturated heterocycles. The van der Waals surface area contributed by atoms with Crippen LogP contribution in [0.1, 0.15) is 17.2 Å². The Morgan fingerprint density at radius 3 is 2.50 bits per heavy atom. The highest BCUT2D eigenvalue weighted by Crippen LogP contribution is 2.34.